The maximum absolute atomic E-state index is 4.66. The molecule has 0 fully saturated rings. The number of fused-ring (bicyclic) bond motifs is 1. The average Bonchev–Trinajstić information content (AvgIpc) is 2.49. The molecule has 2 heterocycles. The van der Waals surface area contributed by atoms with Crippen molar-refractivity contribution in [3.63, 3.8) is 0 Å². The second-order valence-corrected chi connectivity index (χ2v) is 5.18. The monoisotopic (exact) mass is 278 g/mol. The van der Waals surface area contributed by atoms with Gasteiger partial charge in [0.15, 0.2) is 5.82 Å². The Hall–Kier alpha value is -2.49. The lowest BCUT2D eigenvalue weighted by Gasteiger charge is -2.12. The third kappa shape index (κ3) is 2.33. The number of hydrogen-bond acceptors (Lipinski definition) is 4. The van der Waals surface area contributed by atoms with Crippen LogP contribution in [0.4, 0.5) is 5.82 Å². The molecular formula is C17H18N4. The van der Waals surface area contributed by atoms with E-state index in [2.05, 4.69) is 26.3 Å². The lowest BCUT2D eigenvalue weighted by molar-refractivity contribution is 1.07. The van der Waals surface area contributed by atoms with Crippen LogP contribution in [0.1, 0.15) is 17.0 Å². The first kappa shape index (κ1) is 13.5. The Morgan fingerprint density at radius 2 is 1.71 bits per heavy atom. The zero-order valence-corrected chi connectivity index (χ0v) is 12.7. The molecule has 1 N–H and O–H groups in total. The van der Waals surface area contributed by atoms with Crippen molar-refractivity contribution in [2.45, 2.75) is 20.8 Å². The highest BCUT2D eigenvalue weighted by Crippen LogP contribution is 2.28. The highest BCUT2D eigenvalue weighted by molar-refractivity contribution is 5.93. The predicted octanol–water partition coefficient (Wildman–Crippen LogP) is 3.66. The number of benzene rings is 1. The molecule has 21 heavy (non-hydrogen) atoms. The van der Waals surface area contributed by atoms with Gasteiger partial charge in [-0.25, -0.2) is 9.97 Å². The van der Waals surface area contributed by atoms with Crippen LogP contribution in [0.25, 0.3) is 22.3 Å². The van der Waals surface area contributed by atoms with Crippen molar-refractivity contribution in [2.24, 2.45) is 0 Å². The quantitative estimate of drug-likeness (QED) is 0.777. The molecule has 4 heteroatoms. The number of para-hydroxylation sites is 1. The van der Waals surface area contributed by atoms with Crippen molar-refractivity contribution in [3.05, 3.63) is 47.3 Å². The molecule has 0 unspecified atom stereocenters. The second-order valence-electron chi connectivity index (χ2n) is 5.18. The molecule has 4 nitrogen and oxygen atoms in total. The molecule has 106 valence electrons. The molecule has 0 amide bonds. The molecule has 3 aromatic rings. The summed E-state index contributed by atoms with van der Waals surface area (Å²) in [5, 5.41) is 4.22. The van der Waals surface area contributed by atoms with Crippen molar-refractivity contribution in [2.75, 3.05) is 12.4 Å². The van der Waals surface area contributed by atoms with Gasteiger partial charge in [-0.2, -0.15) is 0 Å². The Morgan fingerprint density at radius 1 is 0.952 bits per heavy atom. The number of rotatable bonds is 2. The minimum atomic E-state index is 0.740. The smallest absolute Gasteiger partial charge is 0.162 e. The SMILES string of the molecule is CNc1nc(-c2cc(C)nc3ccccc23)nc(C)c1C. The Morgan fingerprint density at radius 3 is 2.48 bits per heavy atom. The van der Waals surface area contributed by atoms with Crippen LogP contribution in [-0.2, 0) is 0 Å². The summed E-state index contributed by atoms with van der Waals surface area (Å²) < 4.78 is 0. The summed E-state index contributed by atoms with van der Waals surface area (Å²) in [5.41, 5.74) is 5.04. The minimum Gasteiger partial charge on any atom is -0.373 e. The molecule has 0 saturated carbocycles. The van der Waals surface area contributed by atoms with Gasteiger partial charge in [0.1, 0.15) is 5.82 Å². The normalized spacial score (nSPS) is 10.9. The maximum Gasteiger partial charge on any atom is 0.162 e. The fourth-order valence-electron chi connectivity index (χ4n) is 2.49. The summed E-state index contributed by atoms with van der Waals surface area (Å²) in [6.45, 7) is 6.04. The summed E-state index contributed by atoms with van der Waals surface area (Å²) in [7, 11) is 1.88. The van der Waals surface area contributed by atoms with Crippen LogP contribution in [-0.4, -0.2) is 22.0 Å². The summed E-state index contributed by atoms with van der Waals surface area (Å²) in [5.74, 6) is 1.61. The first-order valence-corrected chi connectivity index (χ1v) is 7.00. The van der Waals surface area contributed by atoms with Crippen LogP contribution in [0.5, 0.6) is 0 Å². The number of nitrogens with one attached hydrogen (secondary N) is 1. The van der Waals surface area contributed by atoms with E-state index in [0.717, 1.165) is 45.1 Å². The fraction of sp³-hybridized carbons (Fsp3) is 0.235. The van der Waals surface area contributed by atoms with Gasteiger partial charge in [-0.3, -0.25) is 4.98 Å². The fourth-order valence-corrected chi connectivity index (χ4v) is 2.49. The van der Waals surface area contributed by atoms with Crippen molar-refractivity contribution < 1.29 is 0 Å². The van der Waals surface area contributed by atoms with Crippen molar-refractivity contribution in [1.29, 1.82) is 0 Å². The molecule has 0 aliphatic rings. The van der Waals surface area contributed by atoms with Gasteiger partial charge in [-0.05, 0) is 32.9 Å². The van der Waals surface area contributed by atoms with Crippen molar-refractivity contribution in [1.82, 2.24) is 15.0 Å². The highest BCUT2D eigenvalue weighted by Gasteiger charge is 2.12. The van der Waals surface area contributed by atoms with Crippen LogP contribution in [0.15, 0.2) is 30.3 Å². The molecule has 3 rings (SSSR count). The summed E-state index contributed by atoms with van der Waals surface area (Å²) >= 11 is 0. The largest absolute Gasteiger partial charge is 0.373 e. The Kier molecular flexibility index (Phi) is 3.29. The van der Waals surface area contributed by atoms with Crippen LogP contribution in [0.2, 0.25) is 0 Å². The van der Waals surface area contributed by atoms with Gasteiger partial charge >= 0.3 is 0 Å². The third-order valence-corrected chi connectivity index (χ3v) is 3.71. The molecule has 0 aliphatic heterocycles. The van der Waals surface area contributed by atoms with Gasteiger partial charge in [0, 0.05) is 34.9 Å². The molecule has 2 aromatic heterocycles. The molecular weight excluding hydrogens is 260 g/mol. The maximum atomic E-state index is 4.66. The Labute approximate surface area is 124 Å². The first-order valence-electron chi connectivity index (χ1n) is 7.00. The van der Waals surface area contributed by atoms with Gasteiger partial charge in [0.25, 0.3) is 0 Å². The van der Waals surface area contributed by atoms with E-state index < -0.39 is 0 Å². The van der Waals surface area contributed by atoms with Gasteiger partial charge in [0.05, 0.1) is 5.52 Å². The second kappa shape index (κ2) is 5.13. The number of aryl methyl sites for hydroxylation is 2. The Bertz CT molecular complexity index is 824. The zero-order chi connectivity index (χ0) is 15.0. The van der Waals surface area contributed by atoms with E-state index >= 15 is 0 Å². The van der Waals surface area contributed by atoms with Crippen LogP contribution >= 0.6 is 0 Å². The van der Waals surface area contributed by atoms with E-state index in [-0.39, 0.29) is 0 Å². The first-order chi connectivity index (χ1) is 10.1. The third-order valence-electron chi connectivity index (χ3n) is 3.71. The number of hydrogen-bond donors (Lipinski definition) is 1. The minimum absolute atomic E-state index is 0.740. The van der Waals surface area contributed by atoms with Crippen molar-refractivity contribution in [3.8, 4) is 11.4 Å². The summed E-state index contributed by atoms with van der Waals surface area (Å²) in [6, 6.07) is 10.1. The van der Waals surface area contributed by atoms with Crippen LogP contribution in [0, 0.1) is 20.8 Å². The van der Waals surface area contributed by atoms with E-state index in [9.17, 15) is 0 Å². The molecule has 0 aliphatic carbocycles. The van der Waals surface area contributed by atoms with Crippen molar-refractivity contribution >= 4 is 16.7 Å². The number of pyridine rings is 1. The molecule has 0 spiro atoms. The van der Waals surface area contributed by atoms with E-state index in [4.69, 9.17) is 0 Å². The molecule has 0 bridgehead atoms. The number of anilines is 1. The molecule has 1 aromatic carbocycles. The summed E-state index contributed by atoms with van der Waals surface area (Å²) in [6.07, 6.45) is 0. The number of nitrogens with zero attached hydrogens (tertiary/aromatic N) is 3. The van der Waals surface area contributed by atoms with Gasteiger partial charge in [-0.15, -0.1) is 0 Å². The van der Waals surface area contributed by atoms with E-state index in [1.54, 1.807) is 0 Å². The van der Waals surface area contributed by atoms with Crippen LogP contribution < -0.4 is 5.32 Å². The van der Waals surface area contributed by atoms with E-state index in [0.29, 0.717) is 0 Å². The molecule has 0 atom stereocenters. The van der Waals surface area contributed by atoms with E-state index in [1.165, 1.54) is 0 Å². The lowest BCUT2D eigenvalue weighted by Crippen LogP contribution is -2.03. The topological polar surface area (TPSA) is 50.7 Å². The zero-order valence-electron chi connectivity index (χ0n) is 12.7. The highest BCUT2D eigenvalue weighted by atomic mass is 15.0. The number of aromatic nitrogens is 3. The lowest BCUT2D eigenvalue weighted by atomic mass is 10.1. The van der Waals surface area contributed by atoms with E-state index in [1.807, 2.05) is 52.1 Å². The van der Waals surface area contributed by atoms with Gasteiger partial charge in [0.2, 0.25) is 0 Å². The predicted molar refractivity (Wildman–Crippen MR) is 86.5 cm³/mol. The standard InChI is InChI=1S/C17H18N4/c1-10-9-14(13-7-5-6-8-15(13)19-10)17-20-12(3)11(2)16(18-4)21-17/h5-9H,1-4H3,(H,18,20,21). The Balaban J connectivity index is 2.32. The van der Waals surface area contributed by atoms with Crippen LogP contribution in [0.3, 0.4) is 0 Å². The molecule has 0 radical (unpaired) electrons. The summed E-state index contributed by atoms with van der Waals surface area (Å²) in [4.78, 5) is 13.9. The van der Waals surface area contributed by atoms with Gasteiger partial charge < -0.3 is 5.32 Å². The van der Waals surface area contributed by atoms with Gasteiger partial charge in [-0.1, -0.05) is 18.2 Å². The molecule has 0 saturated heterocycles. The average molecular weight is 278 g/mol.